The van der Waals surface area contributed by atoms with Crippen molar-refractivity contribution in [3.05, 3.63) is 60.7 Å². The number of benzene rings is 2. The molecular weight excluding hydrogens is 438 g/mol. The standard InChI is InChI=1S/C24H27N5O3S/c1-2-6-24(30)25-19-9-11-21(12-10-19)33(31,32)28-20-8-5-7-18(17-20)22-13-14-23(27-26-22)29-15-3-4-16-29/h5,7-14,17,28H,2-4,6,15-16H2,1H3,(H,25,30). The molecule has 0 saturated carbocycles. The van der Waals surface area contributed by atoms with Crippen LogP contribution in [0.25, 0.3) is 11.3 Å². The summed E-state index contributed by atoms with van der Waals surface area (Å²) in [5.41, 5.74) is 2.43. The molecule has 0 atom stereocenters. The number of amides is 1. The van der Waals surface area contributed by atoms with Crippen LogP contribution in [0.3, 0.4) is 0 Å². The second kappa shape index (κ2) is 9.99. The predicted molar refractivity (Wildman–Crippen MR) is 130 cm³/mol. The molecule has 0 bridgehead atoms. The second-order valence-corrected chi connectivity index (χ2v) is 9.66. The lowest BCUT2D eigenvalue weighted by Gasteiger charge is -2.15. The lowest BCUT2D eigenvalue weighted by atomic mass is 10.1. The topological polar surface area (TPSA) is 104 Å². The molecule has 9 heteroatoms. The lowest BCUT2D eigenvalue weighted by Crippen LogP contribution is -2.19. The van der Waals surface area contributed by atoms with Crippen LogP contribution in [-0.4, -0.2) is 37.6 Å². The molecule has 33 heavy (non-hydrogen) atoms. The first kappa shape index (κ1) is 22.7. The number of nitrogens with zero attached hydrogens (tertiary/aromatic N) is 3. The van der Waals surface area contributed by atoms with Gasteiger partial charge in [-0.05, 0) is 67.8 Å². The third-order valence-corrected chi connectivity index (χ3v) is 6.81. The van der Waals surface area contributed by atoms with Crippen molar-refractivity contribution in [2.24, 2.45) is 0 Å². The number of rotatable bonds is 8. The Morgan fingerprint density at radius 3 is 2.39 bits per heavy atom. The molecule has 2 N–H and O–H groups in total. The fourth-order valence-corrected chi connectivity index (χ4v) is 4.77. The van der Waals surface area contributed by atoms with Gasteiger partial charge in [-0.15, -0.1) is 10.2 Å². The van der Waals surface area contributed by atoms with Crippen molar-refractivity contribution in [2.45, 2.75) is 37.5 Å². The van der Waals surface area contributed by atoms with Gasteiger partial charge in [-0.3, -0.25) is 9.52 Å². The number of carbonyl (C=O) groups is 1. The Labute approximate surface area is 194 Å². The Balaban J connectivity index is 1.46. The third kappa shape index (κ3) is 5.67. The number of hydrogen-bond acceptors (Lipinski definition) is 6. The van der Waals surface area contributed by atoms with Crippen molar-refractivity contribution < 1.29 is 13.2 Å². The maximum atomic E-state index is 12.8. The Morgan fingerprint density at radius 1 is 0.970 bits per heavy atom. The molecule has 0 unspecified atom stereocenters. The Morgan fingerprint density at radius 2 is 1.73 bits per heavy atom. The first-order valence-electron chi connectivity index (χ1n) is 11.1. The molecule has 0 spiro atoms. The van der Waals surface area contributed by atoms with Gasteiger partial charge in [0.25, 0.3) is 10.0 Å². The average molecular weight is 466 g/mol. The van der Waals surface area contributed by atoms with E-state index in [-0.39, 0.29) is 10.8 Å². The van der Waals surface area contributed by atoms with Gasteiger partial charge in [0.2, 0.25) is 5.91 Å². The highest BCUT2D eigenvalue weighted by Gasteiger charge is 2.16. The first-order chi connectivity index (χ1) is 15.9. The van der Waals surface area contributed by atoms with E-state index in [1.807, 2.05) is 25.1 Å². The molecule has 3 aromatic rings. The highest BCUT2D eigenvalue weighted by Crippen LogP contribution is 2.25. The minimum atomic E-state index is -3.79. The first-order valence-corrected chi connectivity index (χ1v) is 12.5. The van der Waals surface area contributed by atoms with Crippen molar-refractivity contribution in [3.8, 4) is 11.3 Å². The summed E-state index contributed by atoms with van der Waals surface area (Å²) >= 11 is 0. The number of sulfonamides is 1. The fourth-order valence-electron chi connectivity index (χ4n) is 3.72. The SMILES string of the molecule is CCCC(=O)Nc1ccc(S(=O)(=O)Nc2cccc(-c3ccc(N4CCCC4)nn3)c2)cc1. The van der Waals surface area contributed by atoms with E-state index in [4.69, 9.17) is 0 Å². The quantitative estimate of drug-likeness (QED) is 0.514. The molecule has 172 valence electrons. The number of carbonyl (C=O) groups excluding carboxylic acids is 1. The molecule has 2 heterocycles. The van der Waals surface area contributed by atoms with Gasteiger partial charge in [0.15, 0.2) is 5.82 Å². The summed E-state index contributed by atoms with van der Waals surface area (Å²) in [6.45, 7) is 3.92. The largest absolute Gasteiger partial charge is 0.355 e. The van der Waals surface area contributed by atoms with E-state index in [1.165, 1.54) is 25.0 Å². The van der Waals surface area contributed by atoms with Crippen molar-refractivity contribution in [1.82, 2.24) is 10.2 Å². The van der Waals surface area contributed by atoms with Gasteiger partial charge in [-0.1, -0.05) is 19.1 Å². The van der Waals surface area contributed by atoms with E-state index in [9.17, 15) is 13.2 Å². The van der Waals surface area contributed by atoms with Crippen LogP contribution >= 0.6 is 0 Å². The van der Waals surface area contributed by atoms with E-state index in [0.717, 1.165) is 30.9 Å². The number of aromatic nitrogens is 2. The maximum absolute atomic E-state index is 12.8. The monoisotopic (exact) mass is 465 g/mol. The van der Waals surface area contributed by atoms with Gasteiger partial charge >= 0.3 is 0 Å². The minimum absolute atomic E-state index is 0.0976. The van der Waals surface area contributed by atoms with Crippen molar-refractivity contribution in [3.63, 3.8) is 0 Å². The Kier molecular flexibility index (Phi) is 6.88. The van der Waals surface area contributed by atoms with Crippen LogP contribution in [0, 0.1) is 0 Å². The van der Waals surface area contributed by atoms with Crippen LogP contribution in [-0.2, 0) is 14.8 Å². The zero-order valence-corrected chi connectivity index (χ0v) is 19.3. The number of hydrogen-bond donors (Lipinski definition) is 2. The van der Waals surface area contributed by atoms with E-state index in [2.05, 4.69) is 25.1 Å². The summed E-state index contributed by atoms with van der Waals surface area (Å²) in [5, 5.41) is 11.4. The van der Waals surface area contributed by atoms with Gasteiger partial charge in [-0.2, -0.15) is 0 Å². The van der Waals surface area contributed by atoms with Gasteiger partial charge in [0.05, 0.1) is 10.6 Å². The fraction of sp³-hybridized carbons (Fsp3) is 0.292. The summed E-state index contributed by atoms with van der Waals surface area (Å²) in [5.74, 6) is 0.766. The zero-order valence-electron chi connectivity index (χ0n) is 18.5. The molecule has 4 rings (SSSR count). The van der Waals surface area contributed by atoms with Gasteiger partial charge in [0, 0.05) is 36.4 Å². The van der Waals surface area contributed by atoms with E-state index in [0.29, 0.717) is 23.5 Å². The van der Waals surface area contributed by atoms with E-state index >= 15 is 0 Å². The molecular formula is C24H27N5O3S. The summed E-state index contributed by atoms with van der Waals surface area (Å²) in [4.78, 5) is 14.0. The zero-order chi connectivity index (χ0) is 23.3. The molecule has 0 aliphatic carbocycles. The third-order valence-electron chi connectivity index (χ3n) is 5.42. The molecule has 1 fully saturated rings. The molecule has 1 aliphatic heterocycles. The normalized spacial score (nSPS) is 13.7. The number of anilines is 3. The van der Waals surface area contributed by atoms with Crippen LogP contribution in [0.15, 0.2) is 65.6 Å². The molecule has 8 nitrogen and oxygen atoms in total. The maximum Gasteiger partial charge on any atom is 0.261 e. The highest BCUT2D eigenvalue weighted by molar-refractivity contribution is 7.92. The van der Waals surface area contributed by atoms with E-state index < -0.39 is 10.0 Å². The molecule has 0 radical (unpaired) electrons. The average Bonchev–Trinajstić information content (AvgIpc) is 3.35. The van der Waals surface area contributed by atoms with Crippen LogP contribution < -0.4 is 14.9 Å². The molecule has 2 aromatic carbocycles. The summed E-state index contributed by atoms with van der Waals surface area (Å²) in [7, 11) is -3.79. The molecule has 1 amide bonds. The molecule has 1 aliphatic rings. The van der Waals surface area contributed by atoms with Crippen molar-refractivity contribution in [2.75, 3.05) is 28.0 Å². The Hall–Kier alpha value is -3.46. The van der Waals surface area contributed by atoms with Crippen LogP contribution in [0.4, 0.5) is 17.2 Å². The van der Waals surface area contributed by atoms with Crippen LogP contribution in [0.1, 0.15) is 32.6 Å². The van der Waals surface area contributed by atoms with Crippen LogP contribution in [0.2, 0.25) is 0 Å². The van der Waals surface area contributed by atoms with Gasteiger partial charge < -0.3 is 10.2 Å². The van der Waals surface area contributed by atoms with Crippen LogP contribution in [0.5, 0.6) is 0 Å². The summed E-state index contributed by atoms with van der Waals surface area (Å²) < 4.78 is 28.3. The second-order valence-electron chi connectivity index (χ2n) is 7.98. The Bertz CT molecular complexity index is 1210. The lowest BCUT2D eigenvalue weighted by molar-refractivity contribution is -0.116. The van der Waals surface area contributed by atoms with Gasteiger partial charge in [0.1, 0.15) is 0 Å². The minimum Gasteiger partial charge on any atom is -0.355 e. The van der Waals surface area contributed by atoms with Crippen molar-refractivity contribution in [1.29, 1.82) is 0 Å². The smallest absolute Gasteiger partial charge is 0.261 e. The van der Waals surface area contributed by atoms with Crippen molar-refractivity contribution >= 4 is 33.1 Å². The van der Waals surface area contributed by atoms with E-state index in [1.54, 1.807) is 30.3 Å². The molecule has 1 saturated heterocycles. The summed E-state index contributed by atoms with van der Waals surface area (Å²) in [6.07, 6.45) is 3.50. The molecule has 1 aromatic heterocycles. The highest BCUT2D eigenvalue weighted by atomic mass is 32.2. The number of nitrogens with one attached hydrogen (secondary N) is 2. The predicted octanol–water partition coefficient (Wildman–Crippen LogP) is 4.28. The van der Waals surface area contributed by atoms with Gasteiger partial charge in [-0.25, -0.2) is 8.42 Å². The summed E-state index contributed by atoms with van der Waals surface area (Å²) in [6, 6.07) is 17.0.